The van der Waals surface area contributed by atoms with Crippen molar-refractivity contribution in [3.8, 4) is 0 Å². The molecule has 3 rings (SSSR count). The predicted molar refractivity (Wildman–Crippen MR) is 75.6 cm³/mol. The van der Waals surface area contributed by atoms with Crippen molar-refractivity contribution in [3.63, 3.8) is 0 Å². The molecule has 2 amide bonds. The third-order valence-corrected chi connectivity index (χ3v) is 4.73. The number of carbonyl (C=O) groups is 2. The number of aromatic nitrogens is 1. The van der Waals surface area contributed by atoms with Crippen LogP contribution >= 0.6 is 11.3 Å². The maximum Gasteiger partial charge on any atom is 0.345 e. The summed E-state index contributed by atoms with van der Waals surface area (Å²) < 4.78 is 4.80. The van der Waals surface area contributed by atoms with Gasteiger partial charge >= 0.3 is 12.0 Å². The first-order chi connectivity index (χ1) is 10.6. The zero-order valence-electron chi connectivity index (χ0n) is 11.9. The minimum atomic E-state index is -0.905. The quantitative estimate of drug-likeness (QED) is 0.635. The summed E-state index contributed by atoms with van der Waals surface area (Å²) in [7, 11) is 1.26. The molecule has 0 spiro atoms. The molecule has 22 heavy (non-hydrogen) atoms. The van der Waals surface area contributed by atoms with Crippen LogP contribution in [0.1, 0.15) is 27.7 Å². The predicted octanol–water partition coefficient (Wildman–Crippen LogP) is 0.759. The zero-order valence-corrected chi connectivity index (χ0v) is 12.7. The highest BCUT2D eigenvalue weighted by Crippen LogP contribution is 2.46. The van der Waals surface area contributed by atoms with E-state index in [-0.39, 0.29) is 19.3 Å². The molecule has 2 unspecified atom stereocenters. The second-order valence-electron chi connectivity index (χ2n) is 4.80. The maximum absolute atomic E-state index is 12.5. The van der Waals surface area contributed by atoms with Crippen LogP contribution in [0.15, 0.2) is 12.7 Å². The van der Waals surface area contributed by atoms with E-state index >= 15 is 0 Å². The number of hydrogen-bond acceptors (Lipinski definition) is 7. The highest BCUT2D eigenvalue weighted by Gasteiger charge is 2.53. The largest absolute Gasteiger partial charge is 0.467 e. The molecule has 2 aliphatic heterocycles. The molecule has 0 aliphatic carbocycles. The number of amides is 2. The topological polar surface area (TPSA) is 92.2 Å². The zero-order chi connectivity index (χ0) is 15.9. The summed E-state index contributed by atoms with van der Waals surface area (Å²) in [6.07, 6.45) is 1.54. The molecule has 9 heteroatoms. The van der Waals surface area contributed by atoms with Crippen LogP contribution in [0, 0.1) is 0 Å². The lowest BCUT2D eigenvalue weighted by atomic mass is 10.0. The number of methoxy groups -OCH3 is 1. The molecule has 118 valence electrons. The van der Waals surface area contributed by atoms with Crippen molar-refractivity contribution in [3.05, 3.63) is 28.2 Å². The molecule has 1 fully saturated rings. The number of carbonyl (C=O) groups excluding carboxylic acids is 2. The summed E-state index contributed by atoms with van der Waals surface area (Å²) in [5.41, 5.74) is 0.454. The molecule has 1 aromatic rings. The van der Waals surface area contributed by atoms with Gasteiger partial charge in [0.2, 0.25) is 0 Å². The average Bonchev–Trinajstić information content (AvgIpc) is 3.07. The second kappa shape index (κ2) is 5.67. The highest BCUT2D eigenvalue weighted by atomic mass is 32.1. The number of urea groups is 1. The fraction of sp³-hybridized carbons (Fsp3) is 0.462. The van der Waals surface area contributed by atoms with E-state index in [1.54, 1.807) is 0 Å². The monoisotopic (exact) mass is 325 g/mol. The Balaban J connectivity index is 2.04. The Hall–Kier alpha value is -1.97. The first kappa shape index (κ1) is 14.9. The summed E-state index contributed by atoms with van der Waals surface area (Å²) in [5, 5.41) is 11.0. The number of hydroxylamine groups is 2. The van der Waals surface area contributed by atoms with Crippen LogP contribution in [0.5, 0.6) is 0 Å². The number of aliphatic hydroxyl groups is 1. The normalized spacial score (nSPS) is 22.7. The Labute approximate surface area is 130 Å². The van der Waals surface area contributed by atoms with Gasteiger partial charge in [-0.3, -0.25) is 4.84 Å². The molecule has 1 aromatic heterocycles. The summed E-state index contributed by atoms with van der Waals surface area (Å²) in [4.78, 5) is 36.4. The summed E-state index contributed by atoms with van der Waals surface area (Å²) >= 11 is 1.27. The van der Waals surface area contributed by atoms with E-state index in [4.69, 9.17) is 9.57 Å². The summed E-state index contributed by atoms with van der Waals surface area (Å²) in [5.74, 6) is -0.562. The molecule has 1 saturated heterocycles. The molecular weight excluding hydrogens is 310 g/mol. The third kappa shape index (κ3) is 2.09. The summed E-state index contributed by atoms with van der Waals surface area (Å²) in [6.45, 7) is 3.83. The summed E-state index contributed by atoms with van der Waals surface area (Å²) in [6, 6.07) is -1.66. The third-order valence-electron chi connectivity index (χ3n) is 3.58. The smallest absolute Gasteiger partial charge is 0.345 e. The van der Waals surface area contributed by atoms with Crippen LogP contribution in [0.4, 0.5) is 4.79 Å². The van der Waals surface area contributed by atoms with E-state index < -0.39 is 18.0 Å². The first-order valence-electron chi connectivity index (χ1n) is 6.64. The lowest BCUT2D eigenvalue weighted by Gasteiger charge is -2.27. The van der Waals surface area contributed by atoms with Crippen LogP contribution in [-0.2, 0) is 21.0 Å². The number of ether oxygens (including phenoxy) is 1. The second-order valence-corrected chi connectivity index (χ2v) is 5.92. The minimum Gasteiger partial charge on any atom is -0.467 e. The van der Waals surface area contributed by atoms with Gasteiger partial charge < -0.3 is 14.7 Å². The first-order valence-corrected chi connectivity index (χ1v) is 7.45. The Morgan fingerprint density at radius 1 is 1.64 bits per heavy atom. The van der Waals surface area contributed by atoms with Crippen molar-refractivity contribution in [2.45, 2.75) is 18.7 Å². The van der Waals surface area contributed by atoms with Gasteiger partial charge in [0.05, 0.1) is 37.4 Å². The van der Waals surface area contributed by atoms with E-state index in [9.17, 15) is 14.7 Å². The van der Waals surface area contributed by atoms with E-state index in [2.05, 4.69) is 11.6 Å². The number of fused-ring (bicyclic) bond motifs is 4. The molecule has 2 aliphatic rings. The molecule has 0 saturated carbocycles. The van der Waals surface area contributed by atoms with Gasteiger partial charge in [0, 0.05) is 0 Å². The van der Waals surface area contributed by atoms with Crippen molar-refractivity contribution >= 4 is 23.3 Å². The van der Waals surface area contributed by atoms with Crippen LogP contribution in [0.2, 0.25) is 0 Å². The molecule has 1 N–H and O–H groups in total. The number of thiazole rings is 1. The van der Waals surface area contributed by atoms with Gasteiger partial charge in [0.25, 0.3) is 0 Å². The van der Waals surface area contributed by atoms with E-state index in [0.29, 0.717) is 17.2 Å². The SMILES string of the molecule is C=CCON1C(=O)N2CC1c1sc(CO)nc1C2C(=O)OC. The van der Waals surface area contributed by atoms with Crippen LogP contribution in [-0.4, -0.2) is 52.3 Å². The van der Waals surface area contributed by atoms with Crippen molar-refractivity contribution in [1.82, 2.24) is 14.9 Å². The van der Waals surface area contributed by atoms with Crippen molar-refractivity contribution in [2.75, 3.05) is 20.3 Å². The molecule has 2 bridgehead atoms. The van der Waals surface area contributed by atoms with E-state index in [0.717, 1.165) is 4.88 Å². The van der Waals surface area contributed by atoms with Crippen molar-refractivity contribution in [2.24, 2.45) is 0 Å². The van der Waals surface area contributed by atoms with Crippen LogP contribution in [0.25, 0.3) is 0 Å². The number of hydrogen-bond donors (Lipinski definition) is 1. The lowest BCUT2D eigenvalue weighted by Crippen LogP contribution is -2.39. The maximum atomic E-state index is 12.5. The molecule has 0 radical (unpaired) electrons. The van der Waals surface area contributed by atoms with Gasteiger partial charge in [0.1, 0.15) is 11.0 Å². The number of aliphatic hydroxyl groups excluding tert-OH is 1. The molecule has 2 atom stereocenters. The van der Waals surface area contributed by atoms with Crippen molar-refractivity contribution < 1.29 is 24.3 Å². The Morgan fingerprint density at radius 3 is 3.05 bits per heavy atom. The lowest BCUT2D eigenvalue weighted by molar-refractivity contribution is -0.146. The average molecular weight is 325 g/mol. The van der Waals surface area contributed by atoms with Gasteiger partial charge in [-0.05, 0) is 0 Å². The highest BCUT2D eigenvalue weighted by molar-refractivity contribution is 7.11. The fourth-order valence-electron chi connectivity index (χ4n) is 2.67. The Kier molecular flexibility index (Phi) is 3.85. The standard InChI is InChI=1S/C13H15N3O5S/c1-3-4-21-16-7-5-15(13(16)19)10(12(18)20-2)9-11(7)22-8(6-17)14-9/h3,7,10,17H,1,4-6H2,2H3. The molecule has 8 nitrogen and oxygen atoms in total. The van der Waals surface area contributed by atoms with E-state index in [1.165, 1.54) is 34.5 Å². The van der Waals surface area contributed by atoms with Crippen LogP contribution in [0.3, 0.4) is 0 Å². The van der Waals surface area contributed by atoms with Crippen molar-refractivity contribution in [1.29, 1.82) is 0 Å². The Morgan fingerprint density at radius 2 is 2.41 bits per heavy atom. The molecular formula is C13H15N3O5S. The van der Waals surface area contributed by atoms with Gasteiger partial charge in [-0.2, -0.15) is 5.06 Å². The van der Waals surface area contributed by atoms with Gasteiger partial charge in [-0.1, -0.05) is 6.08 Å². The Bertz CT molecular complexity index is 631. The molecule has 3 heterocycles. The van der Waals surface area contributed by atoms with Crippen LogP contribution < -0.4 is 0 Å². The minimum absolute atomic E-state index is 0.181. The van der Waals surface area contributed by atoms with Gasteiger partial charge in [-0.15, -0.1) is 17.9 Å². The number of esters is 1. The van der Waals surface area contributed by atoms with Gasteiger partial charge in [-0.25, -0.2) is 14.6 Å². The number of nitrogens with zero attached hydrogens (tertiary/aromatic N) is 3. The molecule has 0 aromatic carbocycles. The number of rotatable bonds is 5. The van der Waals surface area contributed by atoms with Gasteiger partial charge in [0.15, 0.2) is 6.04 Å². The van der Waals surface area contributed by atoms with E-state index in [1.807, 2.05) is 0 Å². The fourth-order valence-corrected chi connectivity index (χ4v) is 3.70.